The van der Waals surface area contributed by atoms with Gasteiger partial charge in [-0.05, 0) is 13.0 Å². The number of aromatic nitrogens is 4. The molecule has 0 unspecified atom stereocenters. The molecule has 1 fully saturated rings. The molecule has 3 heterocycles. The van der Waals surface area contributed by atoms with Crippen LogP contribution in [0.25, 0.3) is 0 Å². The standard InChI is InChI=1S/C14H19N7/c1-11-12(15-2)18-10-19-13(11)20-6-8-21(9-7-20)14-16-4-3-5-17-14/h3-5,10H,6-9H2,1-2H3,(H,15,18,19). The maximum atomic E-state index is 4.43. The first-order chi connectivity index (χ1) is 10.3. The van der Waals surface area contributed by atoms with Crippen LogP contribution in [0.1, 0.15) is 5.56 Å². The average molecular weight is 285 g/mol. The second-order valence-electron chi connectivity index (χ2n) is 4.94. The zero-order valence-corrected chi connectivity index (χ0v) is 12.3. The van der Waals surface area contributed by atoms with E-state index in [4.69, 9.17) is 0 Å². The van der Waals surface area contributed by atoms with Crippen LogP contribution >= 0.6 is 0 Å². The van der Waals surface area contributed by atoms with Crippen molar-refractivity contribution >= 4 is 17.6 Å². The number of nitrogens with one attached hydrogen (secondary N) is 1. The molecule has 1 N–H and O–H groups in total. The molecule has 0 aromatic carbocycles. The molecule has 0 spiro atoms. The third-order valence-corrected chi connectivity index (χ3v) is 3.71. The van der Waals surface area contributed by atoms with Gasteiger partial charge in [-0.3, -0.25) is 0 Å². The second kappa shape index (κ2) is 5.90. The summed E-state index contributed by atoms with van der Waals surface area (Å²) in [6, 6.07) is 1.84. The van der Waals surface area contributed by atoms with Crippen LogP contribution in [0, 0.1) is 6.92 Å². The fourth-order valence-corrected chi connectivity index (χ4v) is 2.58. The Labute approximate surface area is 124 Å². The van der Waals surface area contributed by atoms with E-state index >= 15 is 0 Å². The van der Waals surface area contributed by atoms with E-state index < -0.39 is 0 Å². The van der Waals surface area contributed by atoms with Crippen molar-refractivity contribution in [2.45, 2.75) is 6.92 Å². The lowest BCUT2D eigenvalue weighted by atomic mass is 10.2. The highest BCUT2D eigenvalue weighted by atomic mass is 15.3. The van der Waals surface area contributed by atoms with E-state index in [0.29, 0.717) is 0 Å². The molecule has 7 nitrogen and oxygen atoms in total. The zero-order chi connectivity index (χ0) is 14.7. The largest absolute Gasteiger partial charge is 0.373 e. The molecule has 0 atom stereocenters. The molecule has 2 aromatic rings. The third kappa shape index (κ3) is 2.72. The molecule has 1 aliphatic rings. The molecule has 7 heteroatoms. The van der Waals surface area contributed by atoms with Crippen molar-refractivity contribution in [1.82, 2.24) is 19.9 Å². The second-order valence-corrected chi connectivity index (χ2v) is 4.94. The predicted octanol–water partition coefficient (Wildman–Crippen LogP) is 0.943. The van der Waals surface area contributed by atoms with Crippen molar-refractivity contribution in [1.29, 1.82) is 0 Å². The summed E-state index contributed by atoms with van der Waals surface area (Å²) in [5.41, 5.74) is 1.09. The fraction of sp³-hybridized carbons (Fsp3) is 0.429. The SMILES string of the molecule is CNc1ncnc(N2CCN(c3ncccn3)CC2)c1C. The highest BCUT2D eigenvalue weighted by molar-refractivity contribution is 5.58. The normalized spacial score (nSPS) is 15.1. The van der Waals surface area contributed by atoms with Crippen molar-refractivity contribution in [3.63, 3.8) is 0 Å². The van der Waals surface area contributed by atoms with Gasteiger partial charge in [0.25, 0.3) is 0 Å². The molecule has 1 saturated heterocycles. The summed E-state index contributed by atoms with van der Waals surface area (Å²) in [6.45, 7) is 5.64. The first kappa shape index (κ1) is 13.5. The van der Waals surface area contributed by atoms with Gasteiger partial charge in [-0.15, -0.1) is 0 Å². The van der Waals surface area contributed by atoms with Crippen molar-refractivity contribution in [2.24, 2.45) is 0 Å². The van der Waals surface area contributed by atoms with Crippen LogP contribution in [0.4, 0.5) is 17.6 Å². The summed E-state index contributed by atoms with van der Waals surface area (Å²) in [6.07, 6.45) is 5.17. The van der Waals surface area contributed by atoms with E-state index in [-0.39, 0.29) is 0 Å². The lowest BCUT2D eigenvalue weighted by Gasteiger charge is -2.36. The summed E-state index contributed by atoms with van der Waals surface area (Å²) >= 11 is 0. The van der Waals surface area contributed by atoms with Gasteiger partial charge in [0.15, 0.2) is 0 Å². The summed E-state index contributed by atoms with van der Waals surface area (Å²) < 4.78 is 0. The topological polar surface area (TPSA) is 70.1 Å². The van der Waals surface area contributed by atoms with Crippen molar-refractivity contribution in [3.05, 3.63) is 30.4 Å². The minimum Gasteiger partial charge on any atom is -0.373 e. The van der Waals surface area contributed by atoms with Crippen LogP contribution < -0.4 is 15.1 Å². The van der Waals surface area contributed by atoms with Crippen LogP contribution in [0.2, 0.25) is 0 Å². The van der Waals surface area contributed by atoms with Gasteiger partial charge in [-0.2, -0.15) is 0 Å². The van der Waals surface area contributed by atoms with Crippen molar-refractivity contribution < 1.29 is 0 Å². The molecule has 0 aliphatic carbocycles. The maximum absolute atomic E-state index is 4.43. The molecule has 0 amide bonds. The lowest BCUT2D eigenvalue weighted by molar-refractivity contribution is 0.632. The van der Waals surface area contributed by atoms with Gasteiger partial charge in [-0.25, -0.2) is 19.9 Å². The van der Waals surface area contributed by atoms with Gasteiger partial charge in [0.05, 0.1) is 0 Å². The van der Waals surface area contributed by atoms with E-state index in [1.807, 2.05) is 20.0 Å². The van der Waals surface area contributed by atoms with Crippen molar-refractivity contribution in [3.8, 4) is 0 Å². The Hall–Kier alpha value is -2.44. The number of nitrogens with zero attached hydrogens (tertiary/aromatic N) is 6. The van der Waals surface area contributed by atoms with E-state index in [1.54, 1.807) is 18.7 Å². The van der Waals surface area contributed by atoms with Crippen molar-refractivity contribution in [2.75, 3.05) is 48.3 Å². The molecular formula is C14H19N7. The van der Waals surface area contributed by atoms with Gasteiger partial charge in [-0.1, -0.05) is 0 Å². The number of anilines is 3. The Bertz CT molecular complexity index is 594. The van der Waals surface area contributed by atoms with Crippen LogP contribution in [0.3, 0.4) is 0 Å². The Morgan fingerprint density at radius 3 is 2.29 bits per heavy atom. The van der Waals surface area contributed by atoms with Crippen LogP contribution in [-0.4, -0.2) is 53.2 Å². The van der Waals surface area contributed by atoms with Crippen LogP contribution in [0.5, 0.6) is 0 Å². The number of hydrogen-bond donors (Lipinski definition) is 1. The monoisotopic (exact) mass is 285 g/mol. The van der Waals surface area contributed by atoms with E-state index in [2.05, 4.69) is 35.1 Å². The summed E-state index contributed by atoms with van der Waals surface area (Å²) in [5, 5.41) is 3.10. The lowest BCUT2D eigenvalue weighted by Crippen LogP contribution is -2.47. The van der Waals surface area contributed by atoms with E-state index in [0.717, 1.165) is 49.3 Å². The third-order valence-electron chi connectivity index (χ3n) is 3.71. The van der Waals surface area contributed by atoms with Gasteiger partial charge in [0, 0.05) is 51.2 Å². The summed E-state index contributed by atoms with van der Waals surface area (Å²) in [7, 11) is 1.88. The molecule has 2 aromatic heterocycles. The van der Waals surface area contributed by atoms with Crippen LogP contribution in [0.15, 0.2) is 24.8 Å². The highest BCUT2D eigenvalue weighted by Crippen LogP contribution is 2.23. The fourth-order valence-electron chi connectivity index (χ4n) is 2.58. The quantitative estimate of drug-likeness (QED) is 0.900. The number of rotatable bonds is 3. The Morgan fingerprint density at radius 2 is 1.62 bits per heavy atom. The van der Waals surface area contributed by atoms with E-state index in [9.17, 15) is 0 Å². The molecular weight excluding hydrogens is 266 g/mol. The molecule has 0 saturated carbocycles. The number of hydrogen-bond acceptors (Lipinski definition) is 7. The molecule has 0 radical (unpaired) electrons. The Morgan fingerprint density at radius 1 is 0.952 bits per heavy atom. The first-order valence-corrected chi connectivity index (χ1v) is 7.06. The predicted molar refractivity (Wildman–Crippen MR) is 82.8 cm³/mol. The smallest absolute Gasteiger partial charge is 0.225 e. The zero-order valence-electron chi connectivity index (χ0n) is 12.3. The first-order valence-electron chi connectivity index (χ1n) is 7.06. The van der Waals surface area contributed by atoms with Gasteiger partial charge in [0.1, 0.15) is 18.0 Å². The summed E-state index contributed by atoms with van der Waals surface area (Å²) in [4.78, 5) is 21.8. The summed E-state index contributed by atoms with van der Waals surface area (Å²) in [5.74, 6) is 2.68. The average Bonchev–Trinajstić information content (AvgIpc) is 2.56. The van der Waals surface area contributed by atoms with Gasteiger partial charge >= 0.3 is 0 Å². The van der Waals surface area contributed by atoms with Gasteiger partial charge in [0.2, 0.25) is 5.95 Å². The molecule has 21 heavy (non-hydrogen) atoms. The van der Waals surface area contributed by atoms with Gasteiger partial charge < -0.3 is 15.1 Å². The minimum atomic E-state index is 0.799. The Balaban J connectivity index is 1.72. The maximum Gasteiger partial charge on any atom is 0.225 e. The molecule has 110 valence electrons. The number of piperazine rings is 1. The minimum absolute atomic E-state index is 0.799. The molecule has 3 rings (SSSR count). The molecule has 0 bridgehead atoms. The Kier molecular flexibility index (Phi) is 3.81. The van der Waals surface area contributed by atoms with Crippen LogP contribution in [-0.2, 0) is 0 Å². The molecule has 1 aliphatic heterocycles. The van der Waals surface area contributed by atoms with E-state index in [1.165, 1.54) is 0 Å². The highest BCUT2D eigenvalue weighted by Gasteiger charge is 2.21.